The van der Waals surface area contributed by atoms with E-state index < -0.39 is 0 Å². The first kappa shape index (κ1) is 33.5. The van der Waals surface area contributed by atoms with Gasteiger partial charge in [0, 0.05) is 34.4 Å². The Hall–Kier alpha value is -5.67. The molecule has 4 aromatic carbocycles. The molecule has 1 aliphatic heterocycles. The highest BCUT2D eigenvalue weighted by Gasteiger charge is 2.39. The fraction of sp³-hybridized carbons (Fsp3) is 0.278. The third-order valence-corrected chi connectivity index (χ3v) is 14.6. The molecular formula is C54H49N3. The lowest BCUT2D eigenvalue weighted by Gasteiger charge is -2.38. The number of aliphatic imine (C=N–C) groups is 1. The van der Waals surface area contributed by atoms with Crippen LogP contribution in [0.1, 0.15) is 112 Å². The van der Waals surface area contributed by atoms with E-state index in [0.29, 0.717) is 23.7 Å². The quantitative estimate of drug-likeness (QED) is 0.180. The number of allylic oxidation sites excluding steroid dienone is 7. The molecule has 7 aliphatic rings. The summed E-state index contributed by atoms with van der Waals surface area (Å²) >= 11 is 0. The van der Waals surface area contributed by atoms with Gasteiger partial charge in [0.2, 0.25) is 5.96 Å². The Morgan fingerprint density at radius 2 is 1.54 bits per heavy atom. The molecule has 0 radical (unpaired) electrons. The first-order valence-corrected chi connectivity index (χ1v) is 21.6. The van der Waals surface area contributed by atoms with Crippen LogP contribution in [0.15, 0.2) is 132 Å². The molecule has 5 aromatic rings. The van der Waals surface area contributed by atoms with Crippen LogP contribution in [-0.4, -0.2) is 16.6 Å². The van der Waals surface area contributed by atoms with Gasteiger partial charge in [-0.1, -0.05) is 140 Å². The molecule has 2 heterocycles. The molecular weight excluding hydrogens is 691 g/mol. The summed E-state index contributed by atoms with van der Waals surface area (Å²) in [4.78, 5) is 5.74. The zero-order chi connectivity index (χ0) is 37.6. The van der Waals surface area contributed by atoms with Crippen LogP contribution in [0.3, 0.4) is 0 Å². The maximum Gasteiger partial charge on any atom is 0.204 e. The number of hydrogen-bond donors (Lipinski definition) is 1. The van der Waals surface area contributed by atoms with Crippen molar-refractivity contribution in [1.29, 1.82) is 0 Å². The minimum absolute atomic E-state index is 0.0243. The van der Waals surface area contributed by atoms with E-state index in [9.17, 15) is 0 Å². The average molecular weight is 740 g/mol. The van der Waals surface area contributed by atoms with Crippen LogP contribution in [0, 0.1) is 11.8 Å². The van der Waals surface area contributed by atoms with Crippen LogP contribution < -0.4 is 5.32 Å². The largest absolute Gasteiger partial charge is 0.349 e. The SMILES string of the molecule is C[C@H]1c2cc3c(cc2-c2ccccc2CC1c1cc2c(c4c1C=CCC4)CCC=C2)c1c(n3C2=NC(c3ccccc3)C3C=CC=CC3N2)C2CCC=CC2C=C1. The predicted molar refractivity (Wildman–Crippen MR) is 238 cm³/mol. The monoisotopic (exact) mass is 739 g/mol. The Bertz CT molecular complexity index is 2690. The van der Waals surface area contributed by atoms with Gasteiger partial charge in [0.1, 0.15) is 0 Å². The third-order valence-electron chi connectivity index (χ3n) is 14.6. The van der Waals surface area contributed by atoms with Gasteiger partial charge < -0.3 is 5.32 Å². The topological polar surface area (TPSA) is 29.3 Å². The summed E-state index contributed by atoms with van der Waals surface area (Å²) in [6, 6.07) is 28.2. The molecule has 0 saturated carbocycles. The first-order chi connectivity index (χ1) is 28.2. The molecule has 0 bridgehead atoms. The number of nitrogens with zero attached hydrogens (tertiary/aromatic N) is 2. The summed E-state index contributed by atoms with van der Waals surface area (Å²) in [5.41, 5.74) is 18.8. The molecule has 57 heavy (non-hydrogen) atoms. The second-order valence-corrected chi connectivity index (χ2v) is 17.5. The third kappa shape index (κ3) is 5.20. The molecule has 7 atom stereocenters. The molecule has 6 aliphatic carbocycles. The Morgan fingerprint density at radius 3 is 2.47 bits per heavy atom. The van der Waals surface area contributed by atoms with E-state index in [4.69, 9.17) is 4.99 Å². The van der Waals surface area contributed by atoms with E-state index >= 15 is 0 Å². The van der Waals surface area contributed by atoms with E-state index in [0.717, 1.165) is 50.9 Å². The van der Waals surface area contributed by atoms with Crippen LogP contribution in [0.2, 0.25) is 0 Å². The molecule has 0 amide bonds. The predicted octanol–water partition coefficient (Wildman–Crippen LogP) is 12.4. The standard InChI is InChI=1S/C54H49N3/c1-33-45(47-30-37-19-6-8-20-38(37)41-23-11-12-24-42(41)47)29-36-18-7-9-21-39(36)48-31-49-43-28-27-34-15-5-10-22-40(34)53(43)57(51(49)32-46(33)48)54-55-50-26-14-13-25-44(50)52(56-54)35-16-3-2-4-17-35/h2-7,9,12-19,21,24-28,30-34,40,44-45,50,52H,8,10-11,20,22-23,29H2,1H3,(H,55,56)/t33-,34?,40?,44?,45?,50?,52?/m1/s1. The highest BCUT2D eigenvalue weighted by atomic mass is 15.3. The molecule has 3 nitrogen and oxygen atoms in total. The van der Waals surface area contributed by atoms with E-state index in [1.54, 1.807) is 11.1 Å². The van der Waals surface area contributed by atoms with Crippen molar-refractivity contribution in [3.63, 3.8) is 0 Å². The Balaban J connectivity index is 1.11. The lowest BCUT2D eigenvalue weighted by Crippen LogP contribution is -2.48. The molecule has 12 rings (SSSR count). The Kier molecular flexibility index (Phi) is 7.75. The molecule has 3 heteroatoms. The second kappa shape index (κ2) is 13.2. The van der Waals surface area contributed by atoms with E-state index in [-0.39, 0.29) is 18.0 Å². The van der Waals surface area contributed by atoms with Gasteiger partial charge in [0.25, 0.3) is 0 Å². The van der Waals surface area contributed by atoms with E-state index in [1.807, 2.05) is 0 Å². The van der Waals surface area contributed by atoms with E-state index in [2.05, 4.69) is 163 Å². The lowest BCUT2D eigenvalue weighted by molar-refractivity contribution is 0.415. The van der Waals surface area contributed by atoms with Crippen LogP contribution in [0.4, 0.5) is 0 Å². The van der Waals surface area contributed by atoms with Crippen LogP contribution in [0.5, 0.6) is 0 Å². The van der Waals surface area contributed by atoms with Crippen LogP contribution >= 0.6 is 0 Å². The Labute approximate surface area is 336 Å². The maximum absolute atomic E-state index is 5.74. The Morgan fingerprint density at radius 1 is 0.702 bits per heavy atom. The zero-order valence-corrected chi connectivity index (χ0v) is 32.7. The highest BCUT2D eigenvalue weighted by Crippen LogP contribution is 2.52. The summed E-state index contributed by atoms with van der Waals surface area (Å²) in [5, 5.41) is 5.37. The van der Waals surface area contributed by atoms with Crippen LogP contribution in [0.25, 0.3) is 40.3 Å². The molecule has 6 unspecified atom stereocenters. The van der Waals surface area contributed by atoms with Gasteiger partial charge in [-0.25, -0.2) is 4.99 Å². The number of nitrogens with one attached hydrogen (secondary N) is 1. The smallest absolute Gasteiger partial charge is 0.204 e. The number of benzene rings is 4. The summed E-state index contributed by atoms with van der Waals surface area (Å²) in [6.45, 7) is 2.52. The summed E-state index contributed by atoms with van der Waals surface area (Å²) < 4.78 is 2.59. The van der Waals surface area contributed by atoms with Crippen molar-refractivity contribution >= 4 is 35.1 Å². The molecule has 280 valence electrons. The van der Waals surface area contributed by atoms with Crippen molar-refractivity contribution in [2.75, 3.05) is 0 Å². The van der Waals surface area contributed by atoms with Crippen molar-refractivity contribution in [1.82, 2.24) is 9.88 Å². The average Bonchev–Trinajstić information content (AvgIpc) is 3.55. The number of hydrogen-bond acceptors (Lipinski definition) is 2. The highest BCUT2D eigenvalue weighted by molar-refractivity contribution is 6.04. The van der Waals surface area contributed by atoms with Gasteiger partial charge in [0.15, 0.2) is 0 Å². The summed E-state index contributed by atoms with van der Waals surface area (Å²) in [7, 11) is 0. The normalized spacial score (nSPS) is 27.2. The number of fused-ring (bicyclic) bond motifs is 12. The molecule has 0 spiro atoms. The van der Waals surface area contributed by atoms with Crippen molar-refractivity contribution in [2.24, 2.45) is 16.8 Å². The van der Waals surface area contributed by atoms with E-state index in [1.165, 1.54) is 66.7 Å². The zero-order valence-electron chi connectivity index (χ0n) is 32.7. The minimum Gasteiger partial charge on any atom is -0.349 e. The van der Waals surface area contributed by atoms with Crippen molar-refractivity contribution in [2.45, 2.75) is 81.7 Å². The second-order valence-electron chi connectivity index (χ2n) is 17.5. The maximum atomic E-state index is 5.74. The molecule has 1 aromatic heterocycles. The molecule has 0 saturated heterocycles. The minimum atomic E-state index is 0.0243. The van der Waals surface area contributed by atoms with Gasteiger partial charge in [0.05, 0.1) is 17.6 Å². The number of aromatic nitrogens is 1. The molecule has 1 N–H and O–H groups in total. The van der Waals surface area contributed by atoms with Gasteiger partial charge in [-0.3, -0.25) is 4.57 Å². The lowest BCUT2D eigenvalue weighted by atomic mass is 9.74. The van der Waals surface area contributed by atoms with Gasteiger partial charge in [-0.2, -0.15) is 0 Å². The number of rotatable bonds is 2. The fourth-order valence-corrected chi connectivity index (χ4v) is 11.8. The summed E-state index contributed by atoms with van der Waals surface area (Å²) in [5.74, 6) is 2.69. The van der Waals surface area contributed by atoms with Crippen molar-refractivity contribution < 1.29 is 0 Å². The molecule has 0 fully saturated rings. The van der Waals surface area contributed by atoms with Gasteiger partial charge in [-0.15, -0.1) is 0 Å². The first-order valence-electron chi connectivity index (χ1n) is 21.6. The van der Waals surface area contributed by atoms with Crippen molar-refractivity contribution in [3.8, 4) is 11.1 Å². The fourth-order valence-electron chi connectivity index (χ4n) is 11.8. The van der Waals surface area contributed by atoms with Gasteiger partial charge >= 0.3 is 0 Å². The van der Waals surface area contributed by atoms with Crippen LogP contribution in [-0.2, 0) is 19.3 Å². The van der Waals surface area contributed by atoms with Crippen molar-refractivity contribution in [3.05, 3.63) is 183 Å². The summed E-state index contributed by atoms with van der Waals surface area (Å²) in [6.07, 6.45) is 36.4. The van der Waals surface area contributed by atoms with Gasteiger partial charge in [-0.05, 0) is 125 Å².